The molecule has 0 spiro atoms. The number of halogens is 10. The third kappa shape index (κ3) is 9.31. The molecular weight excluding hydrogens is 997 g/mol. The lowest BCUT2D eigenvalue weighted by Gasteiger charge is -2.23. The Morgan fingerprint density at radius 1 is 1.00 bits per heavy atom. The molecule has 6 aromatic rings. The van der Waals surface area contributed by atoms with E-state index in [4.69, 9.17) is 25.7 Å². The molecule has 2 aromatic carbocycles. The summed E-state index contributed by atoms with van der Waals surface area (Å²) in [5.74, 6) is -4.19. The molecular formula is C46H41ClF9N9O5S. The summed E-state index contributed by atoms with van der Waals surface area (Å²) < 4.78 is 170. The molecule has 3 aliphatic carbocycles. The van der Waals surface area contributed by atoms with Crippen LogP contribution in [-0.4, -0.2) is 72.6 Å². The number of hydrogen-bond donors (Lipinski definition) is 2. The first-order chi connectivity index (χ1) is 33.2. The molecule has 0 bridgehead atoms. The van der Waals surface area contributed by atoms with Gasteiger partial charge in [-0.15, -0.1) is 5.10 Å². The average molecular weight is 1040 g/mol. The number of nitrogens with one attached hydrogen (secondary N) is 2. The molecule has 0 aliphatic heterocycles. The fourth-order valence-electron chi connectivity index (χ4n) is 8.82. The number of pyridine rings is 1. The van der Waals surface area contributed by atoms with Gasteiger partial charge in [0, 0.05) is 35.8 Å². The molecule has 25 heteroatoms. The van der Waals surface area contributed by atoms with Crippen molar-refractivity contribution in [3.8, 4) is 23.0 Å². The summed E-state index contributed by atoms with van der Waals surface area (Å²) in [4.78, 5) is 18.9. The number of alkyl halides is 7. The van der Waals surface area contributed by atoms with Crippen LogP contribution in [-0.2, 0) is 56.6 Å². The number of carbonyl (C=O) groups is 1. The lowest BCUT2D eigenvalue weighted by Crippen LogP contribution is -2.35. The van der Waals surface area contributed by atoms with Crippen LogP contribution in [0.25, 0.3) is 22.0 Å². The Hall–Kier alpha value is -6.19. The number of rotatable bonds is 15. The number of anilines is 2. The minimum Gasteiger partial charge on any atom is -0.405 e. The highest BCUT2D eigenvalue weighted by molar-refractivity contribution is 7.93. The van der Waals surface area contributed by atoms with E-state index in [1.807, 2.05) is 0 Å². The van der Waals surface area contributed by atoms with Crippen molar-refractivity contribution in [2.75, 3.05) is 12.4 Å². The molecule has 2 saturated carbocycles. The minimum atomic E-state index is -5.15. The number of benzene rings is 2. The lowest BCUT2D eigenvalue weighted by molar-refractivity contribution is -0.142. The number of ether oxygens (including phenoxy) is 1. The minimum absolute atomic E-state index is 0.0131. The fraction of sp³-hybridized carbons (Fsp3) is 0.435. The molecule has 71 heavy (non-hydrogen) atoms. The van der Waals surface area contributed by atoms with Crippen LogP contribution >= 0.6 is 11.6 Å². The maximum atomic E-state index is 15.6. The summed E-state index contributed by atoms with van der Waals surface area (Å²) in [6, 6.07) is 6.14. The molecule has 4 aromatic heterocycles. The Labute approximate surface area is 403 Å². The molecule has 0 radical (unpaired) electrons. The van der Waals surface area contributed by atoms with E-state index in [0.29, 0.717) is 23.6 Å². The normalized spacial score (nSPS) is 18.0. The van der Waals surface area contributed by atoms with Gasteiger partial charge in [0.25, 0.3) is 12.3 Å². The molecule has 0 saturated heterocycles. The van der Waals surface area contributed by atoms with Gasteiger partial charge in [-0.2, -0.15) is 32.1 Å². The molecule has 14 nitrogen and oxygen atoms in total. The van der Waals surface area contributed by atoms with E-state index < -0.39 is 116 Å². The summed E-state index contributed by atoms with van der Waals surface area (Å²) in [6.07, 6.45) is -8.03. The third-order valence-electron chi connectivity index (χ3n) is 12.7. The fourth-order valence-corrected chi connectivity index (χ4v) is 10.8. The largest absolute Gasteiger partial charge is 0.435 e. The number of nitrogens with zero attached hydrogens (tertiary/aromatic N) is 7. The zero-order chi connectivity index (χ0) is 51.3. The highest BCUT2D eigenvalue weighted by atomic mass is 35.5. The summed E-state index contributed by atoms with van der Waals surface area (Å²) >= 11 is 6.79. The van der Waals surface area contributed by atoms with E-state index in [-0.39, 0.29) is 68.1 Å². The molecule has 0 unspecified atom stereocenters. The predicted molar refractivity (Wildman–Crippen MR) is 237 cm³/mol. The van der Waals surface area contributed by atoms with E-state index in [9.17, 15) is 43.9 Å². The van der Waals surface area contributed by atoms with Gasteiger partial charge in [-0.3, -0.25) is 19.5 Å². The van der Waals surface area contributed by atoms with Gasteiger partial charge in [0.2, 0.25) is 11.8 Å². The van der Waals surface area contributed by atoms with Gasteiger partial charge in [-0.25, -0.2) is 31.0 Å². The number of methoxy groups -OCH3 is 1. The zero-order valence-corrected chi connectivity index (χ0v) is 39.6. The van der Waals surface area contributed by atoms with Crippen LogP contribution in [0, 0.1) is 29.4 Å². The zero-order valence-electron chi connectivity index (χ0n) is 38.0. The van der Waals surface area contributed by atoms with Crippen molar-refractivity contribution in [2.45, 2.75) is 113 Å². The second-order valence-electron chi connectivity index (χ2n) is 18.6. The van der Waals surface area contributed by atoms with Gasteiger partial charge in [0.15, 0.2) is 21.3 Å². The monoisotopic (exact) mass is 1040 g/mol. The van der Waals surface area contributed by atoms with Crippen LogP contribution in [0.3, 0.4) is 0 Å². The van der Waals surface area contributed by atoms with Crippen LogP contribution in [0.15, 0.2) is 46.9 Å². The van der Waals surface area contributed by atoms with Crippen LogP contribution in [0.4, 0.5) is 51.3 Å². The summed E-state index contributed by atoms with van der Waals surface area (Å²) in [7, 11) is -2.36. The number of hydrogen-bond acceptors (Lipinski definition) is 11. The molecule has 9 rings (SSSR count). The quantitative estimate of drug-likeness (QED) is 0.0741. The Balaban J connectivity index is 1.21. The Morgan fingerprint density at radius 3 is 2.34 bits per heavy atom. The lowest BCUT2D eigenvalue weighted by atomic mass is 9.93. The predicted octanol–water partition coefficient (Wildman–Crippen LogP) is 9.53. The first-order valence-electron chi connectivity index (χ1n) is 21.9. The Morgan fingerprint density at radius 2 is 1.69 bits per heavy atom. The summed E-state index contributed by atoms with van der Waals surface area (Å²) in [5, 5.41) is 20.6. The van der Waals surface area contributed by atoms with Crippen molar-refractivity contribution in [3.63, 3.8) is 0 Å². The van der Waals surface area contributed by atoms with Gasteiger partial charge in [0.1, 0.15) is 46.5 Å². The highest BCUT2D eigenvalue weighted by Gasteiger charge is 2.68. The molecule has 1 amide bonds. The molecule has 3 atom stereocenters. The SMILES string of the molecule is COC(C)(C)c1nnc(Nc2nn(CC(F)F)c3c(-c4ccc(C#CC(C)(C)S(=O)(=O)C5CC5)nc4[C@H](Cc4cc(F)cc(F)c4)NC(=O)Cn4nc(C(F)(F)F)c5c4C(F)(F)[C@@H]4C[C@H]54)ccc(Cl)c23)o1. The van der Waals surface area contributed by atoms with E-state index in [0.717, 1.165) is 16.8 Å². The van der Waals surface area contributed by atoms with Crippen molar-refractivity contribution in [2.24, 2.45) is 5.92 Å². The van der Waals surface area contributed by atoms with Crippen molar-refractivity contribution in [1.29, 1.82) is 0 Å². The first kappa shape index (κ1) is 49.8. The van der Waals surface area contributed by atoms with Gasteiger partial charge < -0.3 is 14.5 Å². The van der Waals surface area contributed by atoms with Crippen LogP contribution in [0.1, 0.15) is 98.7 Å². The van der Waals surface area contributed by atoms with Crippen LogP contribution in [0.2, 0.25) is 5.02 Å². The summed E-state index contributed by atoms with van der Waals surface area (Å²) in [6.45, 7) is 3.88. The number of sulfone groups is 1. The van der Waals surface area contributed by atoms with E-state index in [2.05, 4.69) is 42.9 Å². The number of fused-ring (bicyclic) bond motifs is 4. The van der Waals surface area contributed by atoms with Crippen LogP contribution < -0.4 is 10.6 Å². The van der Waals surface area contributed by atoms with E-state index in [1.165, 1.54) is 45.2 Å². The highest BCUT2D eigenvalue weighted by Crippen LogP contribution is 2.68. The number of carbonyl (C=O) groups excluding carboxylic acids is 1. The van der Waals surface area contributed by atoms with Crippen molar-refractivity contribution in [1.82, 2.24) is 40.1 Å². The van der Waals surface area contributed by atoms with E-state index >= 15 is 8.78 Å². The molecule has 2 fully saturated rings. The smallest absolute Gasteiger partial charge is 0.405 e. The topological polar surface area (TPSA) is 172 Å². The van der Waals surface area contributed by atoms with Gasteiger partial charge >= 0.3 is 12.2 Å². The second kappa shape index (κ2) is 17.5. The van der Waals surface area contributed by atoms with Crippen molar-refractivity contribution < 1.29 is 61.9 Å². The van der Waals surface area contributed by atoms with Crippen molar-refractivity contribution >= 4 is 50.1 Å². The maximum absolute atomic E-state index is 15.6. The molecule has 4 heterocycles. The third-order valence-corrected chi connectivity index (χ3v) is 15.9. The first-order valence-corrected chi connectivity index (χ1v) is 23.8. The number of aromatic nitrogens is 7. The van der Waals surface area contributed by atoms with Crippen LogP contribution in [0.5, 0.6) is 0 Å². The van der Waals surface area contributed by atoms with Gasteiger partial charge in [-0.05, 0) is 101 Å². The molecule has 2 N–H and O–H groups in total. The number of amides is 1. The Bertz CT molecular complexity index is 3280. The van der Waals surface area contributed by atoms with Gasteiger partial charge in [0.05, 0.1) is 32.9 Å². The maximum Gasteiger partial charge on any atom is 0.435 e. The second-order valence-corrected chi connectivity index (χ2v) is 21.8. The standard InChI is InChI=1S/C46H41ClF9N9O5S/c1-43(2,71(67,68)25-7-8-25)13-12-24-6-9-26(27-10-11-30(47)35-37(27)64(19-32(50)51)63-40(35)59-42-61-60-41(70-42)44(3,4)69-5)36(57-24)31(16-21-14-22(48)17-23(49)15-21)58-33(66)20-65-39-34(38(62-65)46(54,55)56)28-18-29(28)45(39,52)53/h6,9-11,14-15,17,25,28-29,31-32H,7-8,16,18-20H2,1-5H3,(H,58,66)(H,59,61,63)/t28-,29+,31-/m0/s1. The van der Waals surface area contributed by atoms with Crippen molar-refractivity contribution in [3.05, 3.63) is 98.9 Å². The van der Waals surface area contributed by atoms with Gasteiger partial charge in [-0.1, -0.05) is 28.7 Å². The Kier molecular flexibility index (Phi) is 12.3. The summed E-state index contributed by atoms with van der Waals surface area (Å²) in [5.41, 5.74) is -4.80. The average Bonchev–Trinajstić information content (AvgIpc) is 4.15. The molecule has 3 aliphatic rings. The van der Waals surface area contributed by atoms with E-state index in [1.54, 1.807) is 13.8 Å². The molecule has 376 valence electrons.